The second-order valence-corrected chi connectivity index (χ2v) is 5.19. The monoisotopic (exact) mass is 269 g/mol. The SMILES string of the molecule is COc1ccc(CC2(CN)CC2)c(Br)c1. The van der Waals surface area contributed by atoms with E-state index < -0.39 is 0 Å². The zero-order valence-corrected chi connectivity index (χ0v) is 10.5. The van der Waals surface area contributed by atoms with Gasteiger partial charge in [-0.1, -0.05) is 22.0 Å². The van der Waals surface area contributed by atoms with Gasteiger partial charge in [-0.3, -0.25) is 0 Å². The molecule has 3 heteroatoms. The summed E-state index contributed by atoms with van der Waals surface area (Å²) in [6.07, 6.45) is 3.61. The van der Waals surface area contributed by atoms with Crippen LogP contribution in [0.3, 0.4) is 0 Å². The number of benzene rings is 1. The lowest BCUT2D eigenvalue weighted by atomic mass is 9.97. The van der Waals surface area contributed by atoms with Gasteiger partial charge in [0, 0.05) is 4.47 Å². The maximum absolute atomic E-state index is 5.78. The third kappa shape index (κ3) is 2.34. The first-order valence-electron chi connectivity index (χ1n) is 5.22. The average Bonchev–Trinajstić information content (AvgIpc) is 3.02. The first kappa shape index (κ1) is 11.0. The minimum Gasteiger partial charge on any atom is -0.497 e. The van der Waals surface area contributed by atoms with Crippen molar-refractivity contribution in [2.75, 3.05) is 13.7 Å². The van der Waals surface area contributed by atoms with Crippen LogP contribution in [0, 0.1) is 5.41 Å². The van der Waals surface area contributed by atoms with Gasteiger partial charge in [-0.05, 0) is 48.9 Å². The van der Waals surface area contributed by atoms with E-state index in [2.05, 4.69) is 22.0 Å². The Morgan fingerprint density at radius 1 is 1.47 bits per heavy atom. The van der Waals surface area contributed by atoms with Crippen LogP contribution in [-0.2, 0) is 6.42 Å². The molecule has 2 N–H and O–H groups in total. The molecular formula is C12H16BrNO. The van der Waals surface area contributed by atoms with Crippen molar-refractivity contribution in [3.8, 4) is 5.75 Å². The summed E-state index contributed by atoms with van der Waals surface area (Å²) in [5.74, 6) is 0.892. The fourth-order valence-corrected chi connectivity index (χ4v) is 2.33. The summed E-state index contributed by atoms with van der Waals surface area (Å²) in [7, 11) is 1.68. The molecule has 0 saturated heterocycles. The predicted molar refractivity (Wildman–Crippen MR) is 65.1 cm³/mol. The summed E-state index contributed by atoms with van der Waals surface area (Å²) in [6.45, 7) is 0.797. The van der Waals surface area contributed by atoms with Gasteiger partial charge in [0.2, 0.25) is 0 Å². The maximum atomic E-state index is 5.78. The zero-order valence-electron chi connectivity index (χ0n) is 8.92. The molecule has 1 aliphatic carbocycles. The highest BCUT2D eigenvalue weighted by Crippen LogP contribution is 2.48. The standard InChI is InChI=1S/C12H16BrNO/c1-15-10-3-2-9(11(13)6-10)7-12(8-14)4-5-12/h2-3,6H,4-5,7-8,14H2,1H3. The van der Waals surface area contributed by atoms with Gasteiger partial charge in [-0.2, -0.15) is 0 Å². The highest BCUT2D eigenvalue weighted by atomic mass is 79.9. The number of methoxy groups -OCH3 is 1. The van der Waals surface area contributed by atoms with Gasteiger partial charge in [0.05, 0.1) is 7.11 Å². The van der Waals surface area contributed by atoms with Crippen molar-refractivity contribution in [2.24, 2.45) is 11.1 Å². The van der Waals surface area contributed by atoms with Crippen LogP contribution in [-0.4, -0.2) is 13.7 Å². The van der Waals surface area contributed by atoms with Crippen molar-refractivity contribution in [2.45, 2.75) is 19.3 Å². The molecule has 0 aliphatic heterocycles. The van der Waals surface area contributed by atoms with E-state index in [1.165, 1.54) is 18.4 Å². The molecule has 0 heterocycles. The lowest BCUT2D eigenvalue weighted by Gasteiger charge is -2.14. The van der Waals surface area contributed by atoms with Crippen molar-refractivity contribution < 1.29 is 4.74 Å². The number of hydrogen-bond donors (Lipinski definition) is 1. The first-order valence-corrected chi connectivity index (χ1v) is 6.01. The number of halogens is 1. The minimum atomic E-state index is 0.386. The second kappa shape index (κ2) is 4.14. The first-order chi connectivity index (χ1) is 7.19. The van der Waals surface area contributed by atoms with Crippen LogP contribution in [0.15, 0.2) is 22.7 Å². The summed E-state index contributed by atoms with van der Waals surface area (Å²) in [5.41, 5.74) is 7.50. The van der Waals surface area contributed by atoms with Gasteiger partial charge < -0.3 is 10.5 Å². The largest absolute Gasteiger partial charge is 0.497 e. The van der Waals surface area contributed by atoms with Crippen LogP contribution in [0.1, 0.15) is 18.4 Å². The molecule has 2 nitrogen and oxygen atoms in total. The Balaban J connectivity index is 2.15. The van der Waals surface area contributed by atoms with E-state index in [-0.39, 0.29) is 0 Å². The summed E-state index contributed by atoms with van der Waals surface area (Å²) in [5, 5.41) is 0. The topological polar surface area (TPSA) is 35.2 Å². The van der Waals surface area contributed by atoms with Crippen LogP contribution in [0.5, 0.6) is 5.75 Å². The quantitative estimate of drug-likeness (QED) is 0.913. The van der Waals surface area contributed by atoms with E-state index in [0.717, 1.165) is 23.2 Å². The molecule has 0 spiro atoms. The van der Waals surface area contributed by atoms with Crippen molar-refractivity contribution in [1.82, 2.24) is 0 Å². The molecule has 2 rings (SSSR count). The molecule has 1 aromatic carbocycles. The van der Waals surface area contributed by atoms with Crippen LogP contribution in [0.4, 0.5) is 0 Å². The minimum absolute atomic E-state index is 0.386. The molecule has 0 amide bonds. The van der Waals surface area contributed by atoms with Gasteiger partial charge in [0.25, 0.3) is 0 Å². The Bertz CT molecular complexity index is 361. The average molecular weight is 270 g/mol. The van der Waals surface area contributed by atoms with Crippen molar-refractivity contribution >= 4 is 15.9 Å². The zero-order chi connectivity index (χ0) is 10.9. The number of rotatable bonds is 4. The molecule has 0 aromatic heterocycles. The molecule has 15 heavy (non-hydrogen) atoms. The molecule has 1 aliphatic rings. The van der Waals surface area contributed by atoms with Gasteiger partial charge in [0.15, 0.2) is 0 Å². The molecule has 82 valence electrons. The number of hydrogen-bond acceptors (Lipinski definition) is 2. The van der Waals surface area contributed by atoms with Crippen LogP contribution in [0.25, 0.3) is 0 Å². The van der Waals surface area contributed by atoms with Crippen LogP contribution < -0.4 is 10.5 Å². The van der Waals surface area contributed by atoms with Crippen molar-refractivity contribution in [3.05, 3.63) is 28.2 Å². The Labute approximate surface area is 98.9 Å². The third-order valence-corrected chi connectivity index (χ3v) is 3.95. The van der Waals surface area contributed by atoms with Gasteiger partial charge in [0.1, 0.15) is 5.75 Å². The Morgan fingerprint density at radius 3 is 2.67 bits per heavy atom. The summed E-state index contributed by atoms with van der Waals surface area (Å²) < 4.78 is 6.29. The van der Waals surface area contributed by atoms with Gasteiger partial charge in [-0.25, -0.2) is 0 Å². The Kier molecular flexibility index (Phi) is 3.03. The molecule has 1 aromatic rings. The van der Waals surface area contributed by atoms with Gasteiger partial charge >= 0.3 is 0 Å². The van der Waals surface area contributed by atoms with Crippen LogP contribution >= 0.6 is 15.9 Å². The molecule has 0 bridgehead atoms. The highest BCUT2D eigenvalue weighted by molar-refractivity contribution is 9.10. The molecule has 0 radical (unpaired) electrons. The van der Waals surface area contributed by atoms with E-state index in [1.807, 2.05) is 12.1 Å². The summed E-state index contributed by atoms with van der Waals surface area (Å²) in [4.78, 5) is 0. The maximum Gasteiger partial charge on any atom is 0.120 e. The number of nitrogens with two attached hydrogens (primary N) is 1. The smallest absolute Gasteiger partial charge is 0.120 e. The van der Waals surface area contributed by atoms with Crippen molar-refractivity contribution in [3.63, 3.8) is 0 Å². The number of ether oxygens (including phenoxy) is 1. The van der Waals surface area contributed by atoms with E-state index in [0.29, 0.717) is 5.41 Å². The fraction of sp³-hybridized carbons (Fsp3) is 0.500. The molecule has 0 atom stereocenters. The fourth-order valence-electron chi connectivity index (χ4n) is 1.83. The lowest BCUT2D eigenvalue weighted by molar-refractivity contribution is 0.414. The third-order valence-electron chi connectivity index (χ3n) is 3.22. The summed E-state index contributed by atoms with van der Waals surface area (Å²) in [6, 6.07) is 6.15. The van der Waals surface area contributed by atoms with Crippen molar-refractivity contribution in [1.29, 1.82) is 0 Å². The normalized spacial score (nSPS) is 17.5. The van der Waals surface area contributed by atoms with Crippen LogP contribution in [0.2, 0.25) is 0 Å². The summed E-state index contributed by atoms with van der Waals surface area (Å²) >= 11 is 3.58. The predicted octanol–water partition coefficient (Wildman–Crippen LogP) is 2.74. The van der Waals surface area contributed by atoms with E-state index in [4.69, 9.17) is 10.5 Å². The highest BCUT2D eigenvalue weighted by Gasteiger charge is 2.41. The van der Waals surface area contributed by atoms with E-state index in [1.54, 1.807) is 7.11 Å². The molecule has 0 unspecified atom stereocenters. The molecular weight excluding hydrogens is 254 g/mol. The lowest BCUT2D eigenvalue weighted by Crippen LogP contribution is -2.18. The van der Waals surface area contributed by atoms with E-state index >= 15 is 0 Å². The Hall–Kier alpha value is -0.540. The molecule has 1 fully saturated rings. The second-order valence-electron chi connectivity index (χ2n) is 4.34. The molecule has 1 saturated carbocycles. The Morgan fingerprint density at radius 2 is 2.20 bits per heavy atom. The van der Waals surface area contributed by atoms with E-state index in [9.17, 15) is 0 Å². The van der Waals surface area contributed by atoms with Gasteiger partial charge in [-0.15, -0.1) is 0 Å².